The molecule has 3 aromatic carbocycles. The summed E-state index contributed by atoms with van der Waals surface area (Å²) in [5, 5.41) is 2.85. The molecular formula is C25H28N2O3S2. The molecule has 168 valence electrons. The quantitative estimate of drug-likeness (QED) is 0.365. The molecule has 0 unspecified atom stereocenters. The van der Waals surface area contributed by atoms with Crippen LogP contribution in [0.2, 0.25) is 0 Å². The predicted octanol–water partition coefficient (Wildman–Crippen LogP) is 4.72. The van der Waals surface area contributed by atoms with E-state index < -0.39 is 10.0 Å². The van der Waals surface area contributed by atoms with E-state index in [2.05, 4.69) is 29.6 Å². The molecule has 0 radical (unpaired) electrons. The minimum atomic E-state index is -3.89. The van der Waals surface area contributed by atoms with Gasteiger partial charge in [-0.2, -0.15) is 0 Å². The van der Waals surface area contributed by atoms with Crippen LogP contribution >= 0.6 is 11.8 Å². The van der Waals surface area contributed by atoms with Gasteiger partial charge in [0, 0.05) is 17.2 Å². The summed E-state index contributed by atoms with van der Waals surface area (Å²) in [5.74, 6) is 0.357. The van der Waals surface area contributed by atoms with Gasteiger partial charge in [-0.05, 0) is 62.7 Å². The third kappa shape index (κ3) is 6.37. The fourth-order valence-electron chi connectivity index (χ4n) is 3.12. The number of carbonyl (C=O) groups excluding carboxylic acids is 1. The minimum Gasteiger partial charge on any atom is -0.354 e. The summed E-state index contributed by atoms with van der Waals surface area (Å²) in [7, 11) is -3.89. The average molecular weight is 469 g/mol. The lowest BCUT2D eigenvalue weighted by Gasteiger charge is -2.24. The Morgan fingerprint density at radius 3 is 2.12 bits per heavy atom. The molecule has 1 N–H and O–H groups in total. The van der Waals surface area contributed by atoms with E-state index >= 15 is 0 Å². The van der Waals surface area contributed by atoms with Gasteiger partial charge in [-0.3, -0.25) is 9.10 Å². The summed E-state index contributed by atoms with van der Waals surface area (Å²) in [6.07, 6.45) is 0. The lowest BCUT2D eigenvalue weighted by Crippen LogP contribution is -2.41. The maximum absolute atomic E-state index is 13.4. The minimum absolute atomic E-state index is 0.160. The van der Waals surface area contributed by atoms with Crippen molar-refractivity contribution in [3.05, 3.63) is 89.5 Å². The van der Waals surface area contributed by atoms with Crippen LogP contribution < -0.4 is 9.62 Å². The monoisotopic (exact) mass is 468 g/mol. The smallest absolute Gasteiger partial charge is 0.264 e. The fourth-order valence-corrected chi connectivity index (χ4v) is 5.30. The van der Waals surface area contributed by atoms with Crippen LogP contribution in [0.3, 0.4) is 0 Å². The lowest BCUT2D eigenvalue weighted by molar-refractivity contribution is -0.119. The van der Waals surface area contributed by atoms with Crippen LogP contribution in [0.4, 0.5) is 5.69 Å². The predicted molar refractivity (Wildman–Crippen MR) is 132 cm³/mol. The van der Waals surface area contributed by atoms with Crippen LogP contribution in [0.1, 0.15) is 16.7 Å². The number of nitrogens with zero attached hydrogens (tertiary/aromatic N) is 1. The SMILES string of the molecule is Cc1ccc(SCCNC(=O)CN(c2cccc(C)c2)S(=O)(=O)c2ccc(C)cc2)cc1. The van der Waals surface area contributed by atoms with E-state index in [1.807, 2.05) is 26.8 Å². The molecule has 0 aliphatic rings. The van der Waals surface area contributed by atoms with Crippen molar-refractivity contribution in [3.8, 4) is 0 Å². The maximum Gasteiger partial charge on any atom is 0.264 e. The summed E-state index contributed by atoms with van der Waals surface area (Å²) < 4.78 is 27.9. The van der Waals surface area contributed by atoms with Crippen molar-refractivity contribution < 1.29 is 13.2 Å². The van der Waals surface area contributed by atoms with Crippen molar-refractivity contribution in [1.29, 1.82) is 0 Å². The molecule has 7 heteroatoms. The summed E-state index contributed by atoms with van der Waals surface area (Å²) in [5.41, 5.74) is 3.56. The van der Waals surface area contributed by atoms with Crippen LogP contribution in [-0.2, 0) is 14.8 Å². The number of nitrogens with one attached hydrogen (secondary N) is 1. The van der Waals surface area contributed by atoms with Gasteiger partial charge in [-0.1, -0.05) is 47.5 Å². The largest absolute Gasteiger partial charge is 0.354 e. The molecule has 0 saturated carbocycles. The molecule has 5 nitrogen and oxygen atoms in total. The normalized spacial score (nSPS) is 11.2. The second-order valence-corrected chi connectivity index (χ2v) is 10.7. The van der Waals surface area contributed by atoms with E-state index in [0.29, 0.717) is 18.0 Å². The number of aryl methyl sites for hydroxylation is 3. The number of carbonyl (C=O) groups is 1. The summed E-state index contributed by atoms with van der Waals surface area (Å²) in [6.45, 7) is 6.00. The Kier molecular flexibility index (Phi) is 7.99. The number of sulfonamides is 1. The second-order valence-electron chi connectivity index (χ2n) is 7.68. The molecule has 0 atom stereocenters. The molecule has 0 aliphatic carbocycles. The van der Waals surface area contributed by atoms with E-state index in [1.54, 1.807) is 54.2 Å². The molecule has 0 fully saturated rings. The highest BCUT2D eigenvalue weighted by molar-refractivity contribution is 7.99. The Balaban J connectivity index is 1.70. The van der Waals surface area contributed by atoms with Crippen LogP contribution in [0, 0.1) is 20.8 Å². The van der Waals surface area contributed by atoms with Crippen molar-refractivity contribution in [2.24, 2.45) is 0 Å². The number of rotatable bonds is 9. The van der Waals surface area contributed by atoms with Gasteiger partial charge in [-0.15, -0.1) is 11.8 Å². The average Bonchev–Trinajstić information content (AvgIpc) is 2.76. The molecule has 1 amide bonds. The zero-order valence-corrected chi connectivity index (χ0v) is 20.2. The Labute approximate surface area is 194 Å². The highest BCUT2D eigenvalue weighted by Gasteiger charge is 2.27. The number of thioether (sulfide) groups is 1. The van der Waals surface area contributed by atoms with Gasteiger partial charge in [0.05, 0.1) is 10.6 Å². The Hall–Kier alpha value is -2.77. The van der Waals surface area contributed by atoms with Gasteiger partial charge in [0.1, 0.15) is 6.54 Å². The van der Waals surface area contributed by atoms with Crippen molar-refractivity contribution in [3.63, 3.8) is 0 Å². The third-order valence-corrected chi connectivity index (χ3v) is 7.70. The second kappa shape index (κ2) is 10.7. The van der Waals surface area contributed by atoms with Crippen LogP contribution in [-0.4, -0.2) is 33.2 Å². The van der Waals surface area contributed by atoms with Crippen molar-refractivity contribution in [2.75, 3.05) is 23.1 Å². The molecular weight excluding hydrogens is 440 g/mol. The zero-order chi connectivity index (χ0) is 23.1. The molecule has 0 aliphatic heterocycles. The number of amides is 1. The van der Waals surface area contributed by atoms with Gasteiger partial charge in [0.2, 0.25) is 5.91 Å². The van der Waals surface area contributed by atoms with Gasteiger partial charge in [0.25, 0.3) is 10.0 Å². The topological polar surface area (TPSA) is 66.5 Å². The van der Waals surface area contributed by atoms with Crippen molar-refractivity contribution in [1.82, 2.24) is 5.32 Å². The Morgan fingerprint density at radius 2 is 1.50 bits per heavy atom. The number of anilines is 1. The molecule has 0 heterocycles. The lowest BCUT2D eigenvalue weighted by atomic mass is 10.2. The standard InChI is InChI=1S/C25H28N2O3S2/c1-19-7-11-23(12-8-19)31-16-15-26-25(28)18-27(22-6-4-5-21(3)17-22)32(29,30)24-13-9-20(2)10-14-24/h4-14,17H,15-16,18H2,1-3H3,(H,26,28). The Bertz CT molecular complexity index is 1160. The molecule has 0 bridgehead atoms. The first-order valence-corrected chi connectivity index (χ1v) is 12.8. The highest BCUT2D eigenvalue weighted by Crippen LogP contribution is 2.24. The fraction of sp³-hybridized carbons (Fsp3) is 0.240. The highest BCUT2D eigenvalue weighted by atomic mass is 32.2. The Morgan fingerprint density at radius 1 is 0.875 bits per heavy atom. The summed E-state index contributed by atoms with van der Waals surface area (Å²) in [6, 6.07) is 22.0. The van der Waals surface area contributed by atoms with Crippen LogP contribution in [0.15, 0.2) is 82.6 Å². The number of hydrogen-bond acceptors (Lipinski definition) is 4. The molecule has 0 aromatic heterocycles. The van der Waals surface area contributed by atoms with E-state index in [4.69, 9.17) is 0 Å². The number of benzene rings is 3. The summed E-state index contributed by atoms with van der Waals surface area (Å²) >= 11 is 1.65. The van der Waals surface area contributed by atoms with E-state index in [9.17, 15) is 13.2 Å². The van der Waals surface area contributed by atoms with E-state index in [1.165, 1.54) is 9.87 Å². The van der Waals surface area contributed by atoms with Gasteiger partial charge in [-0.25, -0.2) is 8.42 Å². The summed E-state index contributed by atoms with van der Waals surface area (Å²) in [4.78, 5) is 14.0. The van der Waals surface area contributed by atoms with E-state index in [-0.39, 0.29) is 17.3 Å². The number of hydrogen-bond donors (Lipinski definition) is 1. The maximum atomic E-state index is 13.4. The zero-order valence-electron chi connectivity index (χ0n) is 18.5. The molecule has 3 rings (SSSR count). The first kappa shape index (κ1) is 23.9. The van der Waals surface area contributed by atoms with Crippen LogP contribution in [0.25, 0.3) is 0 Å². The van der Waals surface area contributed by atoms with Crippen molar-refractivity contribution >= 4 is 33.4 Å². The van der Waals surface area contributed by atoms with Gasteiger partial charge < -0.3 is 5.32 Å². The van der Waals surface area contributed by atoms with Gasteiger partial charge in [0.15, 0.2) is 0 Å². The van der Waals surface area contributed by atoms with Gasteiger partial charge >= 0.3 is 0 Å². The third-order valence-electron chi connectivity index (χ3n) is 4.90. The first-order chi connectivity index (χ1) is 15.3. The molecule has 0 saturated heterocycles. The first-order valence-electron chi connectivity index (χ1n) is 10.4. The molecule has 0 spiro atoms. The molecule has 32 heavy (non-hydrogen) atoms. The van der Waals surface area contributed by atoms with Crippen LogP contribution in [0.5, 0.6) is 0 Å². The van der Waals surface area contributed by atoms with Crippen molar-refractivity contribution in [2.45, 2.75) is 30.6 Å². The molecule has 3 aromatic rings. The van der Waals surface area contributed by atoms with E-state index in [0.717, 1.165) is 16.0 Å².